The predicted molar refractivity (Wildman–Crippen MR) is 77.7 cm³/mol. The molecule has 19 heavy (non-hydrogen) atoms. The summed E-state index contributed by atoms with van der Waals surface area (Å²) in [5.41, 5.74) is 2.01. The molecule has 3 rings (SSSR count). The molecule has 0 radical (unpaired) electrons. The molecule has 3 heterocycles. The van der Waals surface area contributed by atoms with E-state index in [2.05, 4.69) is 47.2 Å². The second kappa shape index (κ2) is 4.85. The summed E-state index contributed by atoms with van der Waals surface area (Å²) in [6.07, 6.45) is 1.76. The number of hydrogen-bond donors (Lipinski definition) is 2. The van der Waals surface area contributed by atoms with Crippen LogP contribution in [0.4, 0.5) is 11.8 Å². The van der Waals surface area contributed by atoms with Gasteiger partial charge in [-0.05, 0) is 22.4 Å². The molecule has 0 bridgehead atoms. The largest absolute Gasteiger partial charge is 0.357 e. The first-order valence-electron chi connectivity index (χ1n) is 5.89. The van der Waals surface area contributed by atoms with Crippen molar-refractivity contribution in [2.24, 2.45) is 0 Å². The molecule has 0 aliphatic carbocycles. The highest BCUT2D eigenvalue weighted by molar-refractivity contribution is 7.07. The van der Waals surface area contributed by atoms with E-state index >= 15 is 0 Å². The number of H-pyrrole nitrogens is 1. The van der Waals surface area contributed by atoms with E-state index in [9.17, 15) is 0 Å². The third kappa shape index (κ3) is 2.24. The molecule has 6 nitrogen and oxygen atoms in total. The average Bonchev–Trinajstić information content (AvgIpc) is 3.07. The lowest BCUT2D eigenvalue weighted by Crippen LogP contribution is -2.18. The number of aromatic nitrogens is 4. The van der Waals surface area contributed by atoms with Crippen molar-refractivity contribution in [1.82, 2.24) is 20.2 Å². The monoisotopic (exact) mass is 274 g/mol. The first kappa shape index (κ1) is 11.9. The van der Waals surface area contributed by atoms with E-state index in [1.807, 2.05) is 7.05 Å². The van der Waals surface area contributed by atoms with Gasteiger partial charge in [-0.15, -0.1) is 0 Å². The smallest absolute Gasteiger partial charge is 0.226 e. The van der Waals surface area contributed by atoms with Crippen LogP contribution >= 0.6 is 11.3 Å². The van der Waals surface area contributed by atoms with Gasteiger partial charge in [0.25, 0.3) is 0 Å². The summed E-state index contributed by atoms with van der Waals surface area (Å²) in [4.78, 5) is 10.9. The second-order valence-corrected chi connectivity index (χ2v) is 5.02. The van der Waals surface area contributed by atoms with E-state index in [1.54, 1.807) is 24.6 Å². The minimum atomic E-state index is 0.587. The summed E-state index contributed by atoms with van der Waals surface area (Å²) >= 11 is 1.70. The number of aromatic amines is 1. The number of fused-ring (bicyclic) bond motifs is 1. The van der Waals surface area contributed by atoms with Crippen molar-refractivity contribution in [2.45, 2.75) is 6.54 Å². The van der Waals surface area contributed by atoms with Gasteiger partial charge in [0.15, 0.2) is 5.65 Å². The van der Waals surface area contributed by atoms with E-state index in [1.165, 1.54) is 5.56 Å². The van der Waals surface area contributed by atoms with Crippen LogP contribution in [0.25, 0.3) is 11.0 Å². The molecule has 2 N–H and O–H groups in total. The highest BCUT2D eigenvalue weighted by Gasteiger charge is 2.13. The van der Waals surface area contributed by atoms with Crippen LogP contribution < -0.4 is 10.2 Å². The van der Waals surface area contributed by atoms with Gasteiger partial charge in [0.1, 0.15) is 5.82 Å². The van der Waals surface area contributed by atoms with Gasteiger partial charge in [-0.25, -0.2) is 0 Å². The Kier molecular flexibility index (Phi) is 3.04. The van der Waals surface area contributed by atoms with Crippen molar-refractivity contribution in [3.8, 4) is 0 Å². The highest BCUT2D eigenvalue weighted by Crippen LogP contribution is 2.24. The fourth-order valence-corrected chi connectivity index (χ4v) is 2.61. The summed E-state index contributed by atoms with van der Waals surface area (Å²) in [5, 5.41) is 15.0. The molecule has 0 saturated heterocycles. The number of hydrogen-bond acceptors (Lipinski definition) is 6. The number of anilines is 2. The first-order chi connectivity index (χ1) is 9.28. The van der Waals surface area contributed by atoms with Gasteiger partial charge in [0, 0.05) is 20.6 Å². The molecule has 0 amide bonds. The SMILES string of the molecule is CNc1nc(N(C)Cc2ccsc2)c2cn[nH]c2n1. The van der Waals surface area contributed by atoms with Crippen molar-refractivity contribution in [3.05, 3.63) is 28.6 Å². The Balaban J connectivity index is 2.00. The van der Waals surface area contributed by atoms with Crippen LogP contribution in [0.5, 0.6) is 0 Å². The Morgan fingerprint density at radius 3 is 3.05 bits per heavy atom. The molecule has 0 atom stereocenters. The van der Waals surface area contributed by atoms with E-state index in [0.717, 1.165) is 23.4 Å². The third-order valence-corrected chi connectivity index (χ3v) is 3.61. The Morgan fingerprint density at radius 2 is 2.32 bits per heavy atom. The zero-order valence-corrected chi connectivity index (χ0v) is 11.5. The maximum Gasteiger partial charge on any atom is 0.226 e. The average molecular weight is 274 g/mol. The van der Waals surface area contributed by atoms with E-state index < -0.39 is 0 Å². The topological polar surface area (TPSA) is 69.7 Å². The van der Waals surface area contributed by atoms with Crippen LogP contribution in [0.2, 0.25) is 0 Å². The summed E-state index contributed by atoms with van der Waals surface area (Å²) in [6, 6.07) is 2.12. The molecule has 0 spiro atoms. The Hall–Kier alpha value is -2.15. The number of nitrogens with zero attached hydrogens (tertiary/aromatic N) is 4. The quantitative estimate of drug-likeness (QED) is 0.762. The molecule has 0 aliphatic heterocycles. The van der Waals surface area contributed by atoms with Crippen LogP contribution in [-0.4, -0.2) is 34.3 Å². The maximum atomic E-state index is 4.52. The molecule has 0 aromatic carbocycles. The summed E-state index contributed by atoms with van der Waals surface area (Å²) in [5.74, 6) is 1.46. The first-order valence-corrected chi connectivity index (χ1v) is 6.83. The Bertz CT molecular complexity index is 675. The molecule has 98 valence electrons. The fraction of sp³-hybridized carbons (Fsp3) is 0.250. The minimum Gasteiger partial charge on any atom is -0.357 e. The summed E-state index contributed by atoms with van der Waals surface area (Å²) < 4.78 is 0. The normalized spacial score (nSPS) is 10.8. The third-order valence-electron chi connectivity index (χ3n) is 2.87. The van der Waals surface area contributed by atoms with Crippen molar-refractivity contribution >= 4 is 34.1 Å². The van der Waals surface area contributed by atoms with E-state index in [4.69, 9.17) is 0 Å². The zero-order chi connectivity index (χ0) is 13.2. The highest BCUT2D eigenvalue weighted by atomic mass is 32.1. The van der Waals surface area contributed by atoms with Gasteiger partial charge in [0.05, 0.1) is 11.6 Å². The standard InChI is InChI=1S/C12H14N6S/c1-13-12-15-10-9(5-14-17-10)11(16-12)18(2)6-8-3-4-19-7-8/h3-5,7H,6H2,1-2H3,(H2,13,14,15,16,17). The molecule has 3 aromatic heterocycles. The minimum absolute atomic E-state index is 0.587. The fourth-order valence-electron chi connectivity index (χ4n) is 1.95. The number of nitrogens with one attached hydrogen (secondary N) is 2. The maximum absolute atomic E-state index is 4.52. The van der Waals surface area contributed by atoms with Crippen LogP contribution in [0, 0.1) is 0 Å². The van der Waals surface area contributed by atoms with Gasteiger partial charge in [0.2, 0.25) is 5.95 Å². The van der Waals surface area contributed by atoms with Gasteiger partial charge >= 0.3 is 0 Å². The van der Waals surface area contributed by atoms with Crippen molar-refractivity contribution in [2.75, 3.05) is 24.3 Å². The van der Waals surface area contributed by atoms with Gasteiger partial charge in [-0.1, -0.05) is 0 Å². The lowest BCUT2D eigenvalue weighted by Gasteiger charge is -2.18. The van der Waals surface area contributed by atoms with E-state index in [0.29, 0.717) is 5.95 Å². The van der Waals surface area contributed by atoms with Crippen molar-refractivity contribution < 1.29 is 0 Å². The summed E-state index contributed by atoms with van der Waals surface area (Å²) in [7, 11) is 3.83. The molecule has 3 aromatic rings. The van der Waals surface area contributed by atoms with Crippen LogP contribution in [-0.2, 0) is 6.54 Å². The van der Waals surface area contributed by atoms with Crippen LogP contribution in [0.3, 0.4) is 0 Å². The lowest BCUT2D eigenvalue weighted by molar-refractivity contribution is 0.905. The predicted octanol–water partition coefficient (Wildman–Crippen LogP) is 2.09. The molecular weight excluding hydrogens is 260 g/mol. The molecule has 0 aliphatic rings. The van der Waals surface area contributed by atoms with Gasteiger partial charge in [-0.2, -0.15) is 26.4 Å². The van der Waals surface area contributed by atoms with Crippen molar-refractivity contribution in [3.63, 3.8) is 0 Å². The molecular formula is C12H14N6S. The number of thiophene rings is 1. The van der Waals surface area contributed by atoms with Gasteiger partial charge in [-0.3, -0.25) is 5.10 Å². The molecule has 0 unspecified atom stereocenters. The van der Waals surface area contributed by atoms with Crippen LogP contribution in [0.1, 0.15) is 5.56 Å². The Labute approximate surface area is 114 Å². The van der Waals surface area contributed by atoms with Crippen LogP contribution in [0.15, 0.2) is 23.0 Å². The second-order valence-electron chi connectivity index (χ2n) is 4.24. The van der Waals surface area contributed by atoms with E-state index in [-0.39, 0.29) is 0 Å². The molecule has 0 saturated carbocycles. The molecule has 7 heteroatoms. The lowest BCUT2D eigenvalue weighted by atomic mass is 10.3. The van der Waals surface area contributed by atoms with Crippen molar-refractivity contribution in [1.29, 1.82) is 0 Å². The number of rotatable bonds is 4. The van der Waals surface area contributed by atoms with Gasteiger partial charge < -0.3 is 10.2 Å². The Morgan fingerprint density at radius 1 is 1.42 bits per heavy atom. The molecule has 0 fully saturated rings. The zero-order valence-electron chi connectivity index (χ0n) is 10.7. The summed E-state index contributed by atoms with van der Waals surface area (Å²) in [6.45, 7) is 0.809.